The first kappa shape index (κ1) is 14.9. The minimum Gasteiger partial charge on any atom is -0.463 e. The molecule has 0 aliphatic rings. The van der Waals surface area contributed by atoms with Crippen LogP contribution in [0.2, 0.25) is 0 Å². The molecule has 0 fully saturated rings. The Morgan fingerprint density at radius 1 is 1.32 bits per heavy atom. The highest BCUT2D eigenvalue weighted by Gasteiger charge is 2.23. The quantitative estimate of drug-likeness (QED) is 0.666. The van der Waals surface area contributed by atoms with Gasteiger partial charge in [-0.2, -0.15) is 0 Å². The van der Waals surface area contributed by atoms with Crippen LogP contribution in [0.25, 0.3) is 0 Å². The minimum atomic E-state index is -1.22. The third-order valence-corrected chi connectivity index (χ3v) is 2.21. The van der Waals surface area contributed by atoms with E-state index in [1.54, 1.807) is 6.92 Å². The fraction of sp³-hybridized carbons (Fsp3) is 0.333. The second-order valence-electron chi connectivity index (χ2n) is 3.65. The van der Waals surface area contributed by atoms with Crippen LogP contribution in [0.1, 0.15) is 24.2 Å². The number of nitrogen functional groups attached to an aromatic ring is 1. The second kappa shape index (κ2) is 6.12. The molecule has 104 valence electrons. The third-order valence-electron chi connectivity index (χ3n) is 2.21. The molecule has 7 heteroatoms. The van der Waals surface area contributed by atoms with Crippen molar-refractivity contribution in [1.82, 2.24) is 0 Å². The third kappa shape index (κ3) is 3.64. The van der Waals surface area contributed by atoms with Gasteiger partial charge in [-0.05, 0) is 19.9 Å². The van der Waals surface area contributed by atoms with Crippen molar-refractivity contribution in [2.24, 2.45) is 0 Å². The van der Waals surface area contributed by atoms with Gasteiger partial charge in [0.2, 0.25) is 0 Å². The molecule has 0 saturated carbocycles. The highest BCUT2D eigenvalue weighted by Crippen LogP contribution is 2.18. The molecule has 1 rings (SSSR count). The fourth-order valence-electron chi connectivity index (χ4n) is 1.25. The lowest BCUT2D eigenvalue weighted by atomic mass is 10.2. The number of ether oxygens (including phenoxy) is 2. The first-order valence-corrected chi connectivity index (χ1v) is 5.49. The average molecular weight is 273 g/mol. The maximum Gasteiger partial charge on any atom is 0.347 e. The standard InChI is InChI=1S/C12H13F2NO4/c1-3-18-11(16)6(2)19-12(17)7-4-9(14)10(15)5-8(7)13/h4-6H,3,15H2,1-2H3. The largest absolute Gasteiger partial charge is 0.463 e. The maximum atomic E-state index is 13.4. The zero-order chi connectivity index (χ0) is 14.6. The lowest BCUT2D eigenvalue weighted by Gasteiger charge is -2.12. The molecular weight excluding hydrogens is 260 g/mol. The van der Waals surface area contributed by atoms with E-state index in [1.807, 2.05) is 0 Å². The van der Waals surface area contributed by atoms with Gasteiger partial charge in [0.05, 0.1) is 17.9 Å². The summed E-state index contributed by atoms with van der Waals surface area (Å²) in [7, 11) is 0. The van der Waals surface area contributed by atoms with E-state index in [2.05, 4.69) is 9.47 Å². The molecule has 0 aromatic heterocycles. The summed E-state index contributed by atoms with van der Waals surface area (Å²) in [5.74, 6) is -3.92. The lowest BCUT2D eigenvalue weighted by Crippen LogP contribution is -2.26. The molecule has 0 aliphatic carbocycles. The van der Waals surface area contributed by atoms with Crippen molar-refractivity contribution in [3.63, 3.8) is 0 Å². The molecule has 1 atom stereocenters. The summed E-state index contributed by atoms with van der Waals surface area (Å²) >= 11 is 0. The van der Waals surface area contributed by atoms with E-state index in [9.17, 15) is 18.4 Å². The van der Waals surface area contributed by atoms with Gasteiger partial charge < -0.3 is 15.2 Å². The van der Waals surface area contributed by atoms with Gasteiger partial charge in [0.15, 0.2) is 6.10 Å². The number of halogens is 2. The number of carbonyl (C=O) groups excluding carboxylic acids is 2. The van der Waals surface area contributed by atoms with Crippen molar-refractivity contribution in [3.05, 3.63) is 29.3 Å². The molecule has 0 amide bonds. The Morgan fingerprint density at radius 3 is 2.53 bits per heavy atom. The molecule has 1 aromatic carbocycles. The van der Waals surface area contributed by atoms with E-state index >= 15 is 0 Å². The molecule has 19 heavy (non-hydrogen) atoms. The monoisotopic (exact) mass is 273 g/mol. The molecular formula is C12H13F2NO4. The Balaban J connectivity index is 2.84. The van der Waals surface area contributed by atoms with Crippen LogP contribution in [0.3, 0.4) is 0 Å². The molecule has 0 radical (unpaired) electrons. The highest BCUT2D eigenvalue weighted by molar-refractivity contribution is 5.92. The Kier molecular flexibility index (Phi) is 4.80. The molecule has 2 N–H and O–H groups in total. The van der Waals surface area contributed by atoms with Gasteiger partial charge in [-0.1, -0.05) is 0 Å². The zero-order valence-corrected chi connectivity index (χ0v) is 10.4. The van der Waals surface area contributed by atoms with Crippen molar-refractivity contribution in [3.8, 4) is 0 Å². The molecule has 0 spiro atoms. The van der Waals surface area contributed by atoms with Gasteiger partial charge in [0.1, 0.15) is 11.6 Å². The van der Waals surface area contributed by atoms with Gasteiger partial charge in [-0.15, -0.1) is 0 Å². The summed E-state index contributed by atoms with van der Waals surface area (Å²) in [5.41, 5.74) is 4.08. The number of rotatable bonds is 4. The summed E-state index contributed by atoms with van der Waals surface area (Å²) in [5, 5.41) is 0. The van der Waals surface area contributed by atoms with E-state index in [-0.39, 0.29) is 6.61 Å². The predicted octanol–water partition coefficient (Wildman–Crippen LogP) is 1.66. The van der Waals surface area contributed by atoms with Crippen molar-refractivity contribution < 1.29 is 27.8 Å². The van der Waals surface area contributed by atoms with Gasteiger partial charge in [0.25, 0.3) is 0 Å². The predicted molar refractivity (Wildman–Crippen MR) is 62.3 cm³/mol. The average Bonchev–Trinajstić information content (AvgIpc) is 2.33. The molecule has 1 aromatic rings. The second-order valence-corrected chi connectivity index (χ2v) is 3.65. The van der Waals surface area contributed by atoms with Gasteiger partial charge in [-0.25, -0.2) is 18.4 Å². The summed E-state index contributed by atoms with van der Waals surface area (Å²) in [6.45, 7) is 2.97. The van der Waals surface area contributed by atoms with Crippen molar-refractivity contribution >= 4 is 17.6 Å². The molecule has 0 saturated heterocycles. The summed E-state index contributed by atoms with van der Waals surface area (Å²) in [4.78, 5) is 22.8. The zero-order valence-electron chi connectivity index (χ0n) is 10.4. The normalized spacial score (nSPS) is 11.8. The molecule has 1 unspecified atom stereocenters. The Labute approximate surface area is 108 Å². The Morgan fingerprint density at radius 2 is 1.95 bits per heavy atom. The van der Waals surface area contributed by atoms with Crippen molar-refractivity contribution in [2.75, 3.05) is 12.3 Å². The van der Waals surface area contributed by atoms with Crippen LogP contribution in [-0.2, 0) is 14.3 Å². The molecule has 5 nitrogen and oxygen atoms in total. The topological polar surface area (TPSA) is 78.6 Å². The van der Waals surface area contributed by atoms with Crippen LogP contribution in [0.4, 0.5) is 14.5 Å². The number of nitrogens with two attached hydrogens (primary N) is 1. The van der Waals surface area contributed by atoms with Gasteiger partial charge in [-0.3, -0.25) is 0 Å². The van der Waals surface area contributed by atoms with E-state index in [0.29, 0.717) is 12.1 Å². The van der Waals surface area contributed by atoms with Crippen LogP contribution < -0.4 is 5.73 Å². The summed E-state index contributed by atoms with van der Waals surface area (Å²) < 4.78 is 35.8. The van der Waals surface area contributed by atoms with E-state index < -0.39 is 40.9 Å². The number of hydrogen-bond donors (Lipinski definition) is 1. The van der Waals surface area contributed by atoms with Crippen LogP contribution in [0.5, 0.6) is 0 Å². The van der Waals surface area contributed by atoms with E-state index in [0.717, 1.165) is 0 Å². The number of esters is 2. The maximum absolute atomic E-state index is 13.4. The lowest BCUT2D eigenvalue weighted by molar-refractivity contribution is -0.152. The first-order valence-electron chi connectivity index (χ1n) is 5.49. The molecule has 0 bridgehead atoms. The highest BCUT2D eigenvalue weighted by atomic mass is 19.1. The number of anilines is 1. The Hall–Kier alpha value is -2.18. The van der Waals surface area contributed by atoms with Crippen LogP contribution in [0.15, 0.2) is 12.1 Å². The van der Waals surface area contributed by atoms with E-state index in [4.69, 9.17) is 5.73 Å². The Bertz CT molecular complexity index is 505. The molecule has 0 aliphatic heterocycles. The first-order chi connectivity index (χ1) is 8.86. The van der Waals surface area contributed by atoms with E-state index in [1.165, 1.54) is 6.92 Å². The summed E-state index contributed by atoms with van der Waals surface area (Å²) in [6, 6.07) is 1.28. The number of carbonyl (C=O) groups is 2. The minimum absolute atomic E-state index is 0.117. The van der Waals surface area contributed by atoms with Gasteiger partial charge in [0, 0.05) is 6.07 Å². The number of hydrogen-bond acceptors (Lipinski definition) is 5. The van der Waals surface area contributed by atoms with Crippen LogP contribution >= 0.6 is 0 Å². The van der Waals surface area contributed by atoms with Crippen molar-refractivity contribution in [1.29, 1.82) is 0 Å². The van der Waals surface area contributed by atoms with Crippen LogP contribution in [0, 0.1) is 11.6 Å². The van der Waals surface area contributed by atoms with Gasteiger partial charge >= 0.3 is 11.9 Å². The van der Waals surface area contributed by atoms with Crippen molar-refractivity contribution in [2.45, 2.75) is 20.0 Å². The molecule has 0 heterocycles. The van der Waals surface area contributed by atoms with Crippen LogP contribution in [-0.4, -0.2) is 24.6 Å². The fourth-order valence-corrected chi connectivity index (χ4v) is 1.25. The SMILES string of the molecule is CCOC(=O)C(C)OC(=O)c1cc(F)c(N)cc1F. The smallest absolute Gasteiger partial charge is 0.347 e. The number of benzene rings is 1. The summed E-state index contributed by atoms with van der Waals surface area (Å²) in [6.07, 6.45) is -1.22.